The van der Waals surface area contributed by atoms with E-state index in [-0.39, 0.29) is 63.2 Å². The minimum atomic E-state index is -0.780. The molecule has 2 fully saturated rings. The molecule has 4 aliphatic heterocycles. The van der Waals surface area contributed by atoms with Gasteiger partial charge in [-0.25, -0.2) is 0 Å². The van der Waals surface area contributed by atoms with E-state index in [1.807, 2.05) is 55.5 Å². The molecule has 2 N–H and O–H groups in total. The summed E-state index contributed by atoms with van der Waals surface area (Å²) < 4.78 is 67.7. The number of aliphatic hydroxyl groups is 2. The van der Waals surface area contributed by atoms with Gasteiger partial charge in [0.25, 0.3) is 0 Å². The molecule has 0 spiro atoms. The smallest absolute Gasteiger partial charge is 0.231 e. The lowest BCUT2D eigenvalue weighted by Crippen LogP contribution is -2.37. The topological polar surface area (TPSA) is 175 Å². The van der Waals surface area contributed by atoms with Gasteiger partial charge in [-0.2, -0.15) is 5.26 Å². The molecule has 2 saturated heterocycles. The van der Waals surface area contributed by atoms with E-state index in [1.165, 1.54) is 108 Å². The van der Waals surface area contributed by atoms with Crippen molar-refractivity contribution >= 4 is 12.2 Å². The number of hydrogen-bond acceptors (Lipinski definition) is 15. The van der Waals surface area contributed by atoms with Crippen LogP contribution in [0.4, 0.5) is 0 Å². The molecular formula is C96H113NO14. The number of aliphatic hydroxyl groups excluding tert-OH is 2. The third-order valence-electron chi connectivity index (χ3n) is 22.4. The van der Waals surface area contributed by atoms with Gasteiger partial charge in [0.15, 0.2) is 46.0 Å². The first-order chi connectivity index (χ1) is 53.1. The van der Waals surface area contributed by atoms with Crippen LogP contribution in [-0.4, -0.2) is 96.3 Å². The van der Waals surface area contributed by atoms with Crippen LogP contribution in [0, 0.1) is 80.6 Å². The van der Waals surface area contributed by atoms with E-state index in [0.717, 1.165) is 81.4 Å². The van der Waals surface area contributed by atoms with E-state index in [9.17, 15) is 10.2 Å². The van der Waals surface area contributed by atoms with Gasteiger partial charge >= 0.3 is 0 Å². The maximum Gasteiger partial charge on any atom is 0.231 e. The lowest BCUT2D eigenvalue weighted by molar-refractivity contribution is 0.00283. The average Bonchev–Trinajstić information content (AvgIpc) is 1.67. The summed E-state index contributed by atoms with van der Waals surface area (Å²) in [7, 11) is 6.57. The summed E-state index contributed by atoms with van der Waals surface area (Å²) in [5.74, 6) is 6.69. The molecule has 0 radical (unpaired) electrons. The number of methoxy groups -OCH3 is 4. The fourth-order valence-electron chi connectivity index (χ4n) is 15.7. The van der Waals surface area contributed by atoms with Crippen molar-refractivity contribution in [2.24, 2.45) is 0 Å². The van der Waals surface area contributed by atoms with Crippen LogP contribution in [0.2, 0.25) is 0 Å². The number of fused-ring (bicyclic) bond motifs is 8. The highest BCUT2D eigenvalue weighted by atomic mass is 16.7. The highest BCUT2D eigenvalue weighted by Gasteiger charge is 2.46. The van der Waals surface area contributed by atoms with Crippen molar-refractivity contribution in [3.63, 3.8) is 0 Å². The van der Waals surface area contributed by atoms with Crippen molar-refractivity contribution in [2.45, 2.75) is 190 Å². The minimum absolute atomic E-state index is 0. The van der Waals surface area contributed by atoms with Gasteiger partial charge in [-0.3, -0.25) is 0 Å². The summed E-state index contributed by atoms with van der Waals surface area (Å²) in [6, 6.07) is 50.8. The van der Waals surface area contributed by atoms with Gasteiger partial charge in [0, 0.05) is 43.4 Å². The van der Waals surface area contributed by atoms with Crippen molar-refractivity contribution in [3.8, 4) is 52.1 Å². The molecular weight excluding hydrogens is 1390 g/mol. The van der Waals surface area contributed by atoms with Crippen LogP contribution in [0.25, 0.3) is 12.2 Å². The van der Waals surface area contributed by atoms with Crippen molar-refractivity contribution in [1.82, 2.24) is 0 Å². The first-order valence-electron chi connectivity index (χ1n) is 38.2. The van der Waals surface area contributed by atoms with Crippen LogP contribution in [0.15, 0.2) is 152 Å². The number of rotatable bonds is 9. The normalized spacial score (nSPS) is 20.9. The van der Waals surface area contributed by atoms with Crippen molar-refractivity contribution < 1.29 is 67.1 Å². The molecule has 9 aromatic carbocycles. The minimum Gasteiger partial charge on any atom is -0.493 e. The van der Waals surface area contributed by atoms with E-state index in [2.05, 4.69) is 192 Å². The first-order valence-corrected chi connectivity index (χ1v) is 38.2. The van der Waals surface area contributed by atoms with E-state index in [4.69, 9.17) is 62.1 Å². The molecule has 15 nitrogen and oxygen atoms in total. The number of benzene rings is 9. The maximum absolute atomic E-state index is 10.4. The van der Waals surface area contributed by atoms with Crippen LogP contribution in [0.5, 0.6) is 46.0 Å². The van der Waals surface area contributed by atoms with Gasteiger partial charge in [0.2, 0.25) is 13.6 Å². The predicted molar refractivity (Wildman–Crippen MR) is 441 cm³/mol. The monoisotopic (exact) mass is 1500 g/mol. The Morgan fingerprint density at radius 1 is 0.441 bits per heavy atom. The zero-order chi connectivity index (χ0) is 78.6. The highest BCUT2D eigenvalue weighted by molar-refractivity contribution is 5.63. The van der Waals surface area contributed by atoms with Crippen molar-refractivity contribution in [1.29, 1.82) is 5.26 Å². The lowest BCUT2D eigenvalue weighted by atomic mass is 9.75. The van der Waals surface area contributed by atoms with Crippen molar-refractivity contribution in [2.75, 3.05) is 55.6 Å². The fourth-order valence-corrected chi connectivity index (χ4v) is 15.7. The molecule has 4 heterocycles. The quantitative estimate of drug-likeness (QED) is 0.140. The Kier molecular flexibility index (Phi) is 28.5. The molecule has 15 heteroatoms. The summed E-state index contributed by atoms with van der Waals surface area (Å²) in [6.07, 6.45) is 9.47. The standard InChI is InChI=1S/C21H24O6.C20H24O2.C20H22.C19H16O6.C10H12.C3H8.C2H3N.CH4/c1-22-15-6-5-12(7-16(15)23-2)20-14-10-18(25-4)17(24-3)8-13(14)9-19-21(20)27-11-26-19;1-11-5-6-15(7-12(11)2)16-10-19(21)20(22)18-9-14(4)13(3)8-17(16)18;1-13-8-9-18(10-14(13)2)19-7-5-6-17-11-15(3)16(4)12-20(17)19;1-2-13-14(21-7-20-13)3-10(1)18-12-6-16-15(22-8-23-16)4-11(12)5-17-19(18)25-9-24-17;1-4-10-6-5-8(2)9(3)7-10;1-3-2;1-2-3;/h5-8,10,19-21H,9,11H2,1-4H3;5-9,16,19-22H,10H2,1-4H3;5-6,8-12,19H,7H2,1-4H3;1-4,6,17-19H,5,7-9H2;4-7H,1H2,2-3H3;3H2,1-2H3;1H3;1H4. The summed E-state index contributed by atoms with van der Waals surface area (Å²) in [5, 5.41) is 28.0. The van der Waals surface area contributed by atoms with E-state index in [0.29, 0.717) is 43.2 Å². The maximum atomic E-state index is 10.4. The number of ether oxygens (including phenoxy) is 12. The molecule has 17 rings (SSSR count). The zero-order valence-electron chi connectivity index (χ0n) is 67.1. The Hall–Kier alpha value is -9.89. The third kappa shape index (κ3) is 18.7. The Morgan fingerprint density at radius 2 is 0.883 bits per heavy atom. The SMILES string of the molecule is C.C=Cc1ccc(C)c(C)c1.CC#N.CCC.COc1ccc(C2c3cc(OC)c(OC)cc3CC3OCOC32)cc1OC.Cc1ccc(C2CC(O)C(O)c3cc(C)c(C)cc32)cc1C.Cc1ccc(C2CC=Cc3cc(C)c(C)cc32)cc1C.c1cc2c(cc1C1c3cc4c(cc3CC3OCOC31)OCO4)OCO2. The van der Waals surface area contributed by atoms with Gasteiger partial charge in [-0.05, 0) is 259 Å². The molecule has 9 aromatic rings. The van der Waals surface area contributed by atoms with E-state index < -0.39 is 12.2 Å². The number of allylic oxidation sites excluding steroid dienone is 1. The summed E-state index contributed by atoms with van der Waals surface area (Å²) >= 11 is 0. The highest BCUT2D eigenvalue weighted by Crippen LogP contribution is 2.51. The van der Waals surface area contributed by atoms with Crippen LogP contribution in [0.3, 0.4) is 0 Å². The molecule has 0 bridgehead atoms. The number of nitriles is 1. The molecule has 0 aromatic heterocycles. The van der Waals surface area contributed by atoms with Gasteiger partial charge in [0.1, 0.15) is 19.7 Å². The Bertz CT molecular complexity index is 4820. The van der Waals surface area contributed by atoms with Crippen LogP contribution >= 0.6 is 0 Å². The molecule has 8 aliphatic rings. The number of hydrogen-bond donors (Lipinski definition) is 2. The second kappa shape index (κ2) is 37.9. The predicted octanol–water partition coefficient (Wildman–Crippen LogP) is 20.6. The molecule has 10 unspecified atom stereocenters. The average molecular weight is 1500 g/mol. The Labute approximate surface area is 658 Å². The molecule has 111 heavy (non-hydrogen) atoms. The largest absolute Gasteiger partial charge is 0.493 e. The van der Waals surface area contributed by atoms with E-state index in [1.54, 1.807) is 34.5 Å². The zero-order valence-corrected chi connectivity index (χ0v) is 67.1. The summed E-state index contributed by atoms with van der Waals surface area (Å²) in [6.45, 7) is 32.0. The summed E-state index contributed by atoms with van der Waals surface area (Å²) in [4.78, 5) is 0. The molecule has 0 saturated carbocycles. The van der Waals surface area contributed by atoms with Gasteiger partial charge in [-0.1, -0.05) is 143 Å². The molecule has 586 valence electrons. The fraction of sp³-hybridized carbons (Fsp3) is 0.385. The molecule has 10 atom stereocenters. The Balaban J connectivity index is 0.000000148. The van der Waals surface area contributed by atoms with Crippen LogP contribution < -0.4 is 37.9 Å². The first kappa shape index (κ1) is 83.6. The number of nitrogens with zero attached hydrogens (tertiary/aromatic N) is 1. The molecule has 0 amide bonds. The Morgan fingerprint density at radius 3 is 1.44 bits per heavy atom. The second-order valence-electron chi connectivity index (χ2n) is 29.6. The van der Waals surface area contributed by atoms with E-state index >= 15 is 0 Å². The second-order valence-corrected chi connectivity index (χ2v) is 29.6. The summed E-state index contributed by atoms with van der Waals surface area (Å²) in [5.41, 5.74) is 28.9. The number of aryl methyl sites for hydroxylation is 10. The van der Waals surface area contributed by atoms with Gasteiger partial charge in [-0.15, -0.1) is 0 Å². The van der Waals surface area contributed by atoms with Gasteiger partial charge < -0.3 is 67.1 Å². The lowest BCUT2D eigenvalue weighted by Gasteiger charge is -2.34. The van der Waals surface area contributed by atoms with Crippen LogP contribution in [0.1, 0.15) is 205 Å². The van der Waals surface area contributed by atoms with Crippen molar-refractivity contribution in [3.05, 3.63) is 280 Å². The van der Waals surface area contributed by atoms with Crippen LogP contribution in [-0.2, 0) is 31.8 Å². The van der Waals surface area contributed by atoms with Gasteiger partial charge in [0.05, 0.1) is 65.0 Å². The molecule has 4 aliphatic carbocycles. The third-order valence-corrected chi connectivity index (χ3v) is 22.4.